The highest BCUT2D eigenvalue weighted by Gasteiger charge is 2.30. The predicted molar refractivity (Wildman–Crippen MR) is 225 cm³/mol. The molecule has 1 N–H and O–H groups in total. The third-order valence-electron chi connectivity index (χ3n) is 9.84. The molecule has 0 heterocycles. The molecule has 0 fully saturated rings. The molecule has 0 aliphatic rings. The zero-order valence-electron chi connectivity index (χ0n) is 35.6. The van der Waals surface area contributed by atoms with Crippen molar-refractivity contribution in [3.05, 3.63) is 35.9 Å². The molecule has 0 bridgehead atoms. The van der Waals surface area contributed by atoms with Crippen molar-refractivity contribution in [3.63, 3.8) is 0 Å². The van der Waals surface area contributed by atoms with Crippen LogP contribution in [0.1, 0.15) is 206 Å². The van der Waals surface area contributed by atoms with Gasteiger partial charge in [-0.2, -0.15) is 0 Å². The lowest BCUT2D eigenvalue weighted by Crippen LogP contribution is -2.34. The van der Waals surface area contributed by atoms with Crippen molar-refractivity contribution in [2.24, 2.45) is 0 Å². The number of nitrogens with one attached hydrogen (secondary N) is 1. The van der Waals surface area contributed by atoms with Crippen LogP contribution in [0.5, 0.6) is 0 Å². The van der Waals surface area contributed by atoms with E-state index in [1.54, 1.807) is 0 Å². The Bertz CT molecular complexity index is 1110. The first kappa shape index (κ1) is 51.5. The summed E-state index contributed by atoms with van der Waals surface area (Å²) in [6.07, 6.45) is 29.5. The van der Waals surface area contributed by atoms with E-state index in [4.69, 9.17) is 23.3 Å². The summed E-state index contributed by atoms with van der Waals surface area (Å²) in [4.78, 5) is 37.4. The van der Waals surface area contributed by atoms with Crippen LogP contribution in [-0.4, -0.2) is 43.6 Å². The molecule has 0 radical (unpaired) electrons. The number of ether oxygens (including phenoxy) is 3. The first-order chi connectivity index (χ1) is 27.3. The normalized spacial score (nSPS) is 12.5. The van der Waals surface area contributed by atoms with Gasteiger partial charge in [0.05, 0.1) is 0 Å². The Kier molecular flexibility index (Phi) is 34.9. The largest absolute Gasteiger partial charge is 0.699 e. The Morgan fingerprint density at radius 2 is 1.00 bits per heavy atom. The van der Waals surface area contributed by atoms with E-state index in [-0.39, 0.29) is 32.2 Å². The molecule has 0 aromatic heterocycles. The van der Waals surface area contributed by atoms with Gasteiger partial charge in [-0.05, 0) is 25.3 Å². The summed E-state index contributed by atoms with van der Waals surface area (Å²) in [5.74, 6) is -0.778. The molecule has 1 aromatic carbocycles. The van der Waals surface area contributed by atoms with Gasteiger partial charge >= 0.3 is 26.3 Å². The summed E-state index contributed by atoms with van der Waals surface area (Å²) in [6.45, 7) is 5.56. The van der Waals surface area contributed by atoms with E-state index in [1.807, 2.05) is 30.3 Å². The fourth-order valence-corrected chi connectivity index (χ4v) is 7.11. The van der Waals surface area contributed by atoms with Gasteiger partial charge in [0.15, 0.2) is 12.3 Å². The van der Waals surface area contributed by atoms with Gasteiger partial charge in [0.2, 0.25) is 0 Å². The zero-order chi connectivity index (χ0) is 40.7. The molecular weight excluding hydrogens is 729 g/mol. The number of carbonyl (C=O) groups is 3. The molecule has 56 heavy (non-hydrogen) atoms. The fourth-order valence-electron chi connectivity index (χ4n) is 6.45. The first-order valence-corrected chi connectivity index (χ1v) is 23.5. The van der Waals surface area contributed by atoms with Gasteiger partial charge in [-0.25, -0.2) is 4.79 Å². The smallest absolute Gasteiger partial charge is 0.462 e. The maximum atomic E-state index is 12.7. The number of carbonyl (C=O) groups excluding carboxylic acids is 3. The summed E-state index contributed by atoms with van der Waals surface area (Å²) >= 11 is 0. The van der Waals surface area contributed by atoms with Crippen molar-refractivity contribution in [1.82, 2.24) is 5.32 Å². The Hall–Kier alpha value is -2.55. The van der Waals surface area contributed by atoms with E-state index in [2.05, 4.69) is 19.2 Å². The second kappa shape index (κ2) is 38.0. The molecule has 0 saturated heterocycles. The molecule has 1 rings (SSSR count). The quantitative estimate of drug-likeness (QED) is 0.0227. The van der Waals surface area contributed by atoms with Crippen LogP contribution < -0.4 is 5.32 Å². The minimum atomic E-state index is -2.69. The van der Waals surface area contributed by atoms with Crippen molar-refractivity contribution < 1.29 is 42.2 Å². The molecule has 1 amide bonds. The molecule has 3 atom stereocenters. The van der Waals surface area contributed by atoms with Crippen LogP contribution in [0.3, 0.4) is 0 Å². The van der Waals surface area contributed by atoms with Gasteiger partial charge in [-0.15, -0.1) is 4.52 Å². The number of benzene rings is 1. The zero-order valence-corrected chi connectivity index (χ0v) is 36.5. The van der Waals surface area contributed by atoms with Gasteiger partial charge in [-0.3, -0.25) is 14.9 Å². The van der Waals surface area contributed by atoms with Crippen molar-refractivity contribution in [1.29, 1.82) is 0 Å². The van der Waals surface area contributed by atoms with Crippen molar-refractivity contribution in [2.45, 2.75) is 219 Å². The van der Waals surface area contributed by atoms with E-state index in [0.29, 0.717) is 12.8 Å². The molecule has 0 spiro atoms. The minimum Gasteiger partial charge on any atom is -0.462 e. The van der Waals surface area contributed by atoms with E-state index >= 15 is 0 Å². The molecule has 322 valence electrons. The Balaban J connectivity index is 2.37. The van der Waals surface area contributed by atoms with Gasteiger partial charge in [0, 0.05) is 17.4 Å². The molecule has 11 heteroatoms. The summed E-state index contributed by atoms with van der Waals surface area (Å²) in [7, 11) is -2.69. The topological polar surface area (TPSA) is 126 Å². The predicted octanol–water partition coefficient (Wildman–Crippen LogP) is 13.4. The fraction of sp³-hybridized carbons (Fsp3) is 0.800. The highest BCUT2D eigenvalue weighted by molar-refractivity contribution is 7.33. The Morgan fingerprint density at radius 3 is 1.46 bits per heavy atom. The van der Waals surface area contributed by atoms with Crippen molar-refractivity contribution in [3.8, 4) is 0 Å². The summed E-state index contributed by atoms with van der Waals surface area (Å²) < 4.78 is 39.4. The second-order valence-corrected chi connectivity index (χ2v) is 16.2. The van der Waals surface area contributed by atoms with Crippen LogP contribution in [0, 0.1) is 0 Å². The third-order valence-corrected chi connectivity index (χ3v) is 10.7. The number of unbranched alkanes of at least 4 members (excludes halogenated alkanes) is 24. The van der Waals surface area contributed by atoms with Crippen LogP contribution in [0.2, 0.25) is 0 Å². The number of rotatable bonds is 39. The second-order valence-electron chi connectivity index (χ2n) is 15.3. The number of hydrogen-bond acceptors (Lipinski definition) is 9. The monoisotopic (exact) mass is 809 g/mol. The molecule has 10 nitrogen and oxygen atoms in total. The lowest BCUT2D eigenvalue weighted by molar-refractivity contribution is -0.161. The maximum absolute atomic E-state index is 12.7. The van der Waals surface area contributed by atoms with Crippen molar-refractivity contribution >= 4 is 26.3 Å². The highest BCUT2D eigenvalue weighted by Crippen LogP contribution is 2.26. The Morgan fingerprint density at radius 1 is 0.571 bits per heavy atom. The van der Waals surface area contributed by atoms with E-state index < -0.39 is 32.6 Å². The maximum Gasteiger partial charge on any atom is 0.699 e. The van der Waals surface area contributed by atoms with Crippen LogP contribution >= 0.6 is 8.25 Å². The molecular formula is C45H79NO9P+. The van der Waals surface area contributed by atoms with Crippen LogP contribution in [0.25, 0.3) is 0 Å². The minimum absolute atomic E-state index is 0.0759. The molecule has 3 unspecified atom stereocenters. The van der Waals surface area contributed by atoms with Crippen LogP contribution in [0.4, 0.5) is 4.79 Å². The highest BCUT2D eigenvalue weighted by atomic mass is 31.1. The summed E-state index contributed by atoms with van der Waals surface area (Å²) in [5, 5.41) is 2.45. The molecule has 0 aliphatic heterocycles. The summed E-state index contributed by atoms with van der Waals surface area (Å²) in [6, 6.07) is 9.22. The molecule has 0 saturated carbocycles. The van der Waals surface area contributed by atoms with Gasteiger partial charge in [0.1, 0.15) is 19.8 Å². The van der Waals surface area contributed by atoms with E-state index in [0.717, 1.165) is 37.7 Å². The average molecular weight is 809 g/mol. The van der Waals surface area contributed by atoms with Crippen LogP contribution in [-0.2, 0) is 44.0 Å². The van der Waals surface area contributed by atoms with E-state index in [1.165, 1.54) is 135 Å². The number of hydrogen-bond donors (Lipinski definition) is 1. The lowest BCUT2D eigenvalue weighted by atomic mass is 10.0. The number of esters is 2. The number of amides is 1. The standard InChI is InChI=1S/C45H78NO9P/c1-4-6-8-10-12-14-16-18-20-22-24-26-31-35-43(47)51-38-42(54-44(48)36-32-27-25-23-21-19-17-15-13-11-9-7-5-2)39-53-56(50)55-40(3)46-45(49)52-37-41-33-29-28-30-34-41/h28-30,33-34,40,42H,4-27,31-32,35-39H2,1-3H3/p+1. The summed E-state index contributed by atoms with van der Waals surface area (Å²) in [5.41, 5.74) is 0.824. The Labute approximate surface area is 341 Å². The van der Waals surface area contributed by atoms with Crippen molar-refractivity contribution in [2.75, 3.05) is 13.2 Å². The van der Waals surface area contributed by atoms with E-state index in [9.17, 15) is 18.9 Å². The SMILES string of the molecule is CCCCCCCCCCCCCCCC(=O)OCC(CO[P+](=O)OC(C)NC(=O)OCc1ccccc1)OC(=O)CCCCCCCCCCCCCCC. The third kappa shape index (κ3) is 33.6. The first-order valence-electron chi connectivity index (χ1n) is 22.4. The van der Waals surface area contributed by atoms with Gasteiger partial charge in [0.25, 0.3) is 0 Å². The lowest BCUT2D eigenvalue weighted by Gasteiger charge is -2.16. The molecule has 1 aromatic rings. The van der Waals surface area contributed by atoms with Gasteiger partial charge < -0.3 is 14.2 Å². The number of alkyl carbamates (subject to hydrolysis) is 1. The average Bonchev–Trinajstić information content (AvgIpc) is 3.19. The van der Waals surface area contributed by atoms with Crippen LogP contribution in [0.15, 0.2) is 30.3 Å². The molecule has 0 aliphatic carbocycles. The van der Waals surface area contributed by atoms with Gasteiger partial charge in [-0.1, -0.05) is 203 Å².